The van der Waals surface area contributed by atoms with E-state index in [0.29, 0.717) is 82.7 Å². The molecule has 1 fully saturated rings. The lowest BCUT2D eigenvalue weighted by atomic mass is 10.2. The van der Waals surface area contributed by atoms with Crippen LogP contribution in [-0.2, 0) is 14.2 Å². The monoisotopic (exact) mass is 471 g/mol. The fourth-order valence-corrected chi connectivity index (χ4v) is 3.08. The topological polar surface area (TPSA) is 123 Å². The minimum absolute atomic E-state index is 0.107. The van der Waals surface area contributed by atoms with E-state index in [0.717, 1.165) is 13.1 Å². The highest BCUT2D eigenvalue weighted by molar-refractivity contribution is 5.94. The molecule has 0 radical (unpaired) electrons. The number of anilines is 3. The number of hydrogen-bond acceptors (Lipinski definition) is 10. The predicted molar refractivity (Wildman–Crippen MR) is 130 cm³/mol. The minimum Gasteiger partial charge on any atom is -0.378 e. The van der Waals surface area contributed by atoms with Gasteiger partial charge >= 0.3 is 0 Å². The van der Waals surface area contributed by atoms with Crippen molar-refractivity contribution in [1.29, 1.82) is 0 Å². The average Bonchev–Trinajstić information content (AvgIpc) is 2.89. The largest absolute Gasteiger partial charge is 0.378 e. The van der Waals surface area contributed by atoms with Crippen molar-refractivity contribution in [2.75, 3.05) is 87.9 Å². The molecule has 0 bridgehead atoms. The van der Waals surface area contributed by atoms with E-state index < -0.39 is 0 Å². The van der Waals surface area contributed by atoms with Crippen molar-refractivity contribution in [2.24, 2.45) is 0 Å². The van der Waals surface area contributed by atoms with E-state index in [1.54, 1.807) is 18.2 Å². The zero-order valence-electron chi connectivity index (χ0n) is 19.4. The van der Waals surface area contributed by atoms with Gasteiger partial charge in [-0.05, 0) is 12.1 Å². The van der Waals surface area contributed by atoms with E-state index in [1.807, 2.05) is 18.2 Å². The molecule has 0 spiro atoms. The summed E-state index contributed by atoms with van der Waals surface area (Å²) in [5, 5.41) is 9.11. The van der Waals surface area contributed by atoms with Crippen LogP contribution in [0.2, 0.25) is 0 Å². The van der Waals surface area contributed by atoms with Gasteiger partial charge in [0.15, 0.2) is 0 Å². The third kappa shape index (κ3) is 8.93. The SMILES string of the molecule is C=CCNc1nc(NCCOCCOCCNC(=O)c2ccccc2)nc(N2CCOCC2)n1. The first-order chi connectivity index (χ1) is 16.8. The third-order valence-corrected chi connectivity index (χ3v) is 4.79. The number of carbonyl (C=O) groups excluding carboxylic acids is 1. The number of morpholine rings is 1. The Bertz CT molecular complexity index is 879. The van der Waals surface area contributed by atoms with Crippen molar-refractivity contribution in [3.8, 4) is 0 Å². The molecule has 1 aromatic heterocycles. The van der Waals surface area contributed by atoms with Gasteiger partial charge < -0.3 is 35.1 Å². The van der Waals surface area contributed by atoms with Gasteiger partial charge in [0.25, 0.3) is 5.91 Å². The maximum absolute atomic E-state index is 11.9. The van der Waals surface area contributed by atoms with E-state index in [2.05, 4.69) is 42.4 Å². The van der Waals surface area contributed by atoms with Gasteiger partial charge in [-0.3, -0.25) is 4.79 Å². The maximum Gasteiger partial charge on any atom is 0.251 e. The van der Waals surface area contributed by atoms with E-state index in [-0.39, 0.29) is 5.91 Å². The molecule has 34 heavy (non-hydrogen) atoms. The molecule has 2 aromatic rings. The number of amides is 1. The van der Waals surface area contributed by atoms with Gasteiger partial charge in [0.05, 0.1) is 39.6 Å². The molecule has 0 saturated carbocycles. The van der Waals surface area contributed by atoms with Crippen molar-refractivity contribution in [2.45, 2.75) is 0 Å². The summed E-state index contributed by atoms with van der Waals surface area (Å²) in [5.74, 6) is 1.48. The van der Waals surface area contributed by atoms with Crippen LogP contribution in [0.5, 0.6) is 0 Å². The molecule has 1 aliphatic heterocycles. The maximum atomic E-state index is 11.9. The Balaban J connectivity index is 1.29. The standard InChI is InChI=1S/C23H33N7O4/c1-2-8-25-21-27-22(29-23(28-21)30-11-15-34-16-12-30)26-10-14-33-18-17-32-13-9-24-20(31)19-6-4-3-5-7-19/h2-7H,1,8-18H2,(H,24,31)(H2,25,26,27,28,29). The molecule has 0 aliphatic carbocycles. The molecule has 0 unspecified atom stereocenters. The minimum atomic E-state index is -0.107. The Hall–Kier alpha value is -3.28. The Morgan fingerprint density at radius 2 is 1.65 bits per heavy atom. The van der Waals surface area contributed by atoms with E-state index in [1.165, 1.54) is 0 Å². The highest BCUT2D eigenvalue weighted by atomic mass is 16.5. The van der Waals surface area contributed by atoms with Crippen molar-refractivity contribution >= 4 is 23.8 Å². The molecular formula is C23H33N7O4. The lowest BCUT2D eigenvalue weighted by molar-refractivity contribution is 0.0519. The highest BCUT2D eigenvalue weighted by Crippen LogP contribution is 2.15. The van der Waals surface area contributed by atoms with Crippen molar-refractivity contribution in [3.05, 3.63) is 48.6 Å². The van der Waals surface area contributed by atoms with E-state index in [4.69, 9.17) is 14.2 Å². The Morgan fingerprint density at radius 1 is 0.971 bits per heavy atom. The highest BCUT2D eigenvalue weighted by Gasteiger charge is 2.16. The first kappa shape index (κ1) is 25.3. The molecule has 2 heterocycles. The second kappa shape index (κ2) is 14.8. The summed E-state index contributed by atoms with van der Waals surface area (Å²) in [7, 11) is 0. The number of rotatable bonds is 15. The van der Waals surface area contributed by atoms with Gasteiger partial charge in [-0.1, -0.05) is 24.3 Å². The van der Waals surface area contributed by atoms with Gasteiger partial charge in [-0.25, -0.2) is 0 Å². The normalized spacial score (nSPS) is 13.4. The number of carbonyl (C=O) groups is 1. The predicted octanol–water partition coefficient (Wildman–Crippen LogP) is 1.18. The average molecular weight is 472 g/mol. The van der Waals surface area contributed by atoms with Crippen molar-refractivity contribution < 1.29 is 19.0 Å². The Labute approximate surface area is 199 Å². The van der Waals surface area contributed by atoms with Gasteiger partial charge in [0.2, 0.25) is 17.8 Å². The summed E-state index contributed by atoms with van der Waals surface area (Å²) in [6.45, 7) is 9.85. The number of nitrogens with one attached hydrogen (secondary N) is 3. The summed E-state index contributed by atoms with van der Waals surface area (Å²) < 4.78 is 16.5. The molecule has 1 aliphatic rings. The van der Waals surface area contributed by atoms with Crippen LogP contribution in [0.1, 0.15) is 10.4 Å². The molecule has 1 aromatic carbocycles. The second-order valence-corrected chi connectivity index (χ2v) is 7.33. The van der Waals surface area contributed by atoms with Crippen LogP contribution in [0.15, 0.2) is 43.0 Å². The van der Waals surface area contributed by atoms with E-state index in [9.17, 15) is 4.79 Å². The Morgan fingerprint density at radius 3 is 2.35 bits per heavy atom. The number of hydrogen-bond donors (Lipinski definition) is 3. The second-order valence-electron chi connectivity index (χ2n) is 7.33. The fraction of sp³-hybridized carbons (Fsp3) is 0.478. The molecule has 184 valence electrons. The van der Waals surface area contributed by atoms with Crippen LogP contribution in [0.3, 0.4) is 0 Å². The van der Waals surface area contributed by atoms with Crippen LogP contribution in [0.25, 0.3) is 0 Å². The van der Waals surface area contributed by atoms with Crippen molar-refractivity contribution in [3.63, 3.8) is 0 Å². The van der Waals surface area contributed by atoms with Crippen LogP contribution in [0.4, 0.5) is 17.8 Å². The molecule has 11 heteroatoms. The molecule has 1 saturated heterocycles. The fourth-order valence-electron chi connectivity index (χ4n) is 3.08. The summed E-state index contributed by atoms with van der Waals surface area (Å²) >= 11 is 0. The molecule has 1 amide bonds. The first-order valence-corrected chi connectivity index (χ1v) is 11.4. The summed E-state index contributed by atoms with van der Waals surface area (Å²) in [4.78, 5) is 27.4. The third-order valence-electron chi connectivity index (χ3n) is 4.79. The number of aromatic nitrogens is 3. The van der Waals surface area contributed by atoms with Gasteiger partial charge in [0.1, 0.15) is 0 Å². The first-order valence-electron chi connectivity index (χ1n) is 11.4. The lowest BCUT2D eigenvalue weighted by Crippen LogP contribution is -2.37. The van der Waals surface area contributed by atoms with Gasteiger partial charge in [-0.15, -0.1) is 6.58 Å². The smallest absolute Gasteiger partial charge is 0.251 e. The van der Waals surface area contributed by atoms with Crippen LogP contribution < -0.4 is 20.9 Å². The quantitative estimate of drug-likeness (QED) is 0.258. The molecule has 3 rings (SSSR count). The van der Waals surface area contributed by atoms with Crippen LogP contribution >= 0.6 is 0 Å². The van der Waals surface area contributed by atoms with Crippen LogP contribution in [-0.4, -0.2) is 93.2 Å². The molecule has 3 N–H and O–H groups in total. The molecule has 11 nitrogen and oxygen atoms in total. The summed E-state index contributed by atoms with van der Waals surface area (Å²) in [6.07, 6.45) is 1.75. The Kier molecular flexibility index (Phi) is 11.0. The number of benzene rings is 1. The molecular weight excluding hydrogens is 438 g/mol. The molecule has 0 atom stereocenters. The zero-order chi connectivity index (χ0) is 23.8. The van der Waals surface area contributed by atoms with Gasteiger partial charge in [0, 0.05) is 38.3 Å². The number of nitrogens with zero attached hydrogens (tertiary/aromatic N) is 4. The van der Waals surface area contributed by atoms with Crippen molar-refractivity contribution in [1.82, 2.24) is 20.3 Å². The van der Waals surface area contributed by atoms with Gasteiger partial charge in [-0.2, -0.15) is 15.0 Å². The lowest BCUT2D eigenvalue weighted by Gasteiger charge is -2.27. The van der Waals surface area contributed by atoms with E-state index >= 15 is 0 Å². The number of ether oxygens (including phenoxy) is 3. The summed E-state index contributed by atoms with van der Waals surface area (Å²) in [5.41, 5.74) is 0.636. The van der Waals surface area contributed by atoms with Crippen LogP contribution in [0, 0.1) is 0 Å². The zero-order valence-corrected chi connectivity index (χ0v) is 19.4. The summed E-state index contributed by atoms with van der Waals surface area (Å²) in [6, 6.07) is 9.09.